The van der Waals surface area contributed by atoms with Crippen LogP contribution in [-0.2, 0) is 16.0 Å². The second-order valence-corrected chi connectivity index (χ2v) is 5.33. The van der Waals surface area contributed by atoms with Crippen molar-refractivity contribution >= 4 is 23.2 Å². The first-order valence-corrected chi connectivity index (χ1v) is 7.32. The fourth-order valence-electron chi connectivity index (χ4n) is 2.37. The molecule has 2 aromatic carbocycles. The highest BCUT2D eigenvalue weighted by atomic mass is 19.2. The maximum atomic E-state index is 13.1. The van der Waals surface area contributed by atoms with E-state index in [1.807, 2.05) is 0 Å². The number of aryl methyl sites for hydroxylation is 1. The molecule has 0 radical (unpaired) electrons. The van der Waals surface area contributed by atoms with Gasteiger partial charge < -0.3 is 15.4 Å². The number of amides is 2. The minimum absolute atomic E-state index is 0.0259. The minimum Gasteiger partial charge on any atom is -0.484 e. The third-order valence-corrected chi connectivity index (χ3v) is 3.55. The van der Waals surface area contributed by atoms with Gasteiger partial charge in [0.15, 0.2) is 18.2 Å². The first kappa shape index (κ1) is 15.9. The standard InChI is InChI=1S/C17H14F2N2O3/c18-13-4-2-11(8-14(13)19)20-17(23)9-24-12-3-5-15-10(7-12)1-6-16(22)21-15/h2-5,7-8H,1,6,9H2,(H,20,23)(H,21,22). The van der Waals surface area contributed by atoms with Gasteiger partial charge in [-0.2, -0.15) is 0 Å². The Morgan fingerprint density at radius 3 is 2.75 bits per heavy atom. The van der Waals surface area contributed by atoms with Crippen molar-refractivity contribution in [3.63, 3.8) is 0 Å². The Hall–Kier alpha value is -2.96. The Labute approximate surface area is 136 Å². The lowest BCUT2D eigenvalue weighted by Crippen LogP contribution is -2.21. The fraction of sp³-hybridized carbons (Fsp3) is 0.176. The maximum absolute atomic E-state index is 13.1. The molecule has 24 heavy (non-hydrogen) atoms. The van der Waals surface area contributed by atoms with Gasteiger partial charge in [0.05, 0.1) is 0 Å². The molecule has 0 saturated carbocycles. The quantitative estimate of drug-likeness (QED) is 0.905. The van der Waals surface area contributed by atoms with Crippen LogP contribution in [0.3, 0.4) is 0 Å². The molecule has 0 aliphatic carbocycles. The van der Waals surface area contributed by atoms with E-state index in [2.05, 4.69) is 10.6 Å². The van der Waals surface area contributed by atoms with Gasteiger partial charge in [-0.15, -0.1) is 0 Å². The average molecular weight is 332 g/mol. The van der Waals surface area contributed by atoms with Crippen molar-refractivity contribution in [1.29, 1.82) is 0 Å². The summed E-state index contributed by atoms with van der Waals surface area (Å²) in [6.07, 6.45) is 1.02. The van der Waals surface area contributed by atoms with Crippen molar-refractivity contribution in [3.8, 4) is 5.75 Å². The van der Waals surface area contributed by atoms with Crippen molar-refractivity contribution < 1.29 is 23.1 Å². The third kappa shape index (κ3) is 3.68. The molecular formula is C17H14F2N2O3. The SMILES string of the molecule is O=C(COc1ccc2c(c1)CCC(=O)N2)Nc1ccc(F)c(F)c1. The molecule has 0 fully saturated rings. The fourth-order valence-corrected chi connectivity index (χ4v) is 2.37. The van der Waals surface area contributed by atoms with E-state index in [4.69, 9.17) is 4.74 Å². The number of hydrogen-bond donors (Lipinski definition) is 2. The van der Waals surface area contributed by atoms with Crippen LogP contribution in [0.1, 0.15) is 12.0 Å². The smallest absolute Gasteiger partial charge is 0.262 e. The molecule has 0 unspecified atom stereocenters. The van der Waals surface area contributed by atoms with Crippen molar-refractivity contribution in [2.75, 3.05) is 17.2 Å². The van der Waals surface area contributed by atoms with Crippen LogP contribution in [0.5, 0.6) is 5.75 Å². The topological polar surface area (TPSA) is 67.4 Å². The highest BCUT2D eigenvalue weighted by molar-refractivity contribution is 5.94. The van der Waals surface area contributed by atoms with E-state index in [0.717, 1.165) is 23.4 Å². The van der Waals surface area contributed by atoms with Gasteiger partial charge in [-0.05, 0) is 42.3 Å². The summed E-state index contributed by atoms with van der Waals surface area (Å²) in [5.74, 6) is -2.05. The molecule has 124 valence electrons. The number of fused-ring (bicyclic) bond motifs is 1. The highest BCUT2D eigenvalue weighted by Crippen LogP contribution is 2.26. The molecule has 1 aliphatic heterocycles. The Bertz CT molecular complexity index is 808. The van der Waals surface area contributed by atoms with Crippen LogP contribution >= 0.6 is 0 Å². The van der Waals surface area contributed by atoms with Gasteiger partial charge in [0, 0.05) is 23.9 Å². The van der Waals surface area contributed by atoms with Gasteiger partial charge in [-0.3, -0.25) is 9.59 Å². The number of benzene rings is 2. The molecule has 2 amide bonds. The van der Waals surface area contributed by atoms with Gasteiger partial charge in [0.1, 0.15) is 5.75 Å². The normalized spacial score (nSPS) is 13.0. The molecular weight excluding hydrogens is 318 g/mol. The summed E-state index contributed by atoms with van der Waals surface area (Å²) in [6.45, 7) is -0.274. The summed E-state index contributed by atoms with van der Waals surface area (Å²) >= 11 is 0. The van der Waals surface area contributed by atoms with Crippen LogP contribution in [-0.4, -0.2) is 18.4 Å². The predicted molar refractivity (Wildman–Crippen MR) is 83.9 cm³/mol. The first-order chi connectivity index (χ1) is 11.5. The van der Waals surface area contributed by atoms with Crippen molar-refractivity contribution in [3.05, 3.63) is 53.6 Å². The summed E-state index contributed by atoms with van der Waals surface area (Å²) in [5, 5.41) is 5.18. The molecule has 7 heteroatoms. The van der Waals surface area contributed by atoms with E-state index in [0.29, 0.717) is 18.6 Å². The van der Waals surface area contributed by atoms with Gasteiger partial charge in [-0.25, -0.2) is 8.78 Å². The first-order valence-electron chi connectivity index (χ1n) is 7.32. The molecule has 0 aromatic heterocycles. The van der Waals surface area contributed by atoms with E-state index in [9.17, 15) is 18.4 Å². The van der Waals surface area contributed by atoms with Gasteiger partial charge >= 0.3 is 0 Å². The largest absolute Gasteiger partial charge is 0.484 e. The number of halogens is 2. The van der Waals surface area contributed by atoms with Crippen LogP contribution < -0.4 is 15.4 Å². The van der Waals surface area contributed by atoms with Gasteiger partial charge in [0.25, 0.3) is 5.91 Å². The molecule has 0 atom stereocenters. The van der Waals surface area contributed by atoms with E-state index >= 15 is 0 Å². The zero-order valence-corrected chi connectivity index (χ0v) is 12.6. The van der Waals surface area contributed by atoms with Crippen LogP contribution in [0.2, 0.25) is 0 Å². The second-order valence-electron chi connectivity index (χ2n) is 5.33. The summed E-state index contributed by atoms with van der Waals surface area (Å²) < 4.78 is 31.3. The molecule has 0 saturated heterocycles. The Balaban J connectivity index is 1.58. The molecule has 2 N–H and O–H groups in total. The molecule has 0 bridgehead atoms. The average Bonchev–Trinajstić information content (AvgIpc) is 2.56. The number of nitrogens with one attached hydrogen (secondary N) is 2. The number of hydrogen-bond acceptors (Lipinski definition) is 3. The lowest BCUT2D eigenvalue weighted by atomic mass is 10.0. The van der Waals surface area contributed by atoms with Gasteiger partial charge in [0.2, 0.25) is 5.91 Å². The minimum atomic E-state index is -1.04. The zero-order chi connectivity index (χ0) is 17.1. The van der Waals surface area contributed by atoms with Gasteiger partial charge in [-0.1, -0.05) is 0 Å². The predicted octanol–water partition coefficient (Wildman–Crippen LogP) is 2.87. The zero-order valence-electron chi connectivity index (χ0n) is 12.6. The highest BCUT2D eigenvalue weighted by Gasteiger charge is 2.15. The summed E-state index contributed by atoms with van der Waals surface area (Å²) in [6, 6.07) is 8.22. The van der Waals surface area contributed by atoms with E-state index < -0.39 is 17.5 Å². The van der Waals surface area contributed by atoms with E-state index in [1.54, 1.807) is 18.2 Å². The van der Waals surface area contributed by atoms with Crippen LogP contribution in [0.4, 0.5) is 20.2 Å². The van der Waals surface area contributed by atoms with Crippen molar-refractivity contribution in [2.45, 2.75) is 12.8 Å². The number of ether oxygens (including phenoxy) is 1. The van der Waals surface area contributed by atoms with Crippen LogP contribution in [0.25, 0.3) is 0 Å². The molecule has 5 nitrogen and oxygen atoms in total. The number of carbonyl (C=O) groups is 2. The van der Waals surface area contributed by atoms with E-state index in [1.165, 1.54) is 6.07 Å². The monoisotopic (exact) mass is 332 g/mol. The molecule has 1 heterocycles. The third-order valence-electron chi connectivity index (χ3n) is 3.55. The molecule has 0 spiro atoms. The summed E-state index contributed by atoms with van der Waals surface area (Å²) in [7, 11) is 0. The molecule has 1 aliphatic rings. The number of carbonyl (C=O) groups excluding carboxylic acids is 2. The Morgan fingerprint density at radius 2 is 1.96 bits per heavy atom. The Morgan fingerprint density at radius 1 is 1.12 bits per heavy atom. The van der Waals surface area contributed by atoms with Crippen molar-refractivity contribution in [1.82, 2.24) is 0 Å². The van der Waals surface area contributed by atoms with Crippen LogP contribution in [0, 0.1) is 11.6 Å². The second kappa shape index (κ2) is 6.66. The lowest BCUT2D eigenvalue weighted by Gasteiger charge is -2.17. The molecule has 2 aromatic rings. The number of rotatable bonds is 4. The van der Waals surface area contributed by atoms with Crippen LogP contribution in [0.15, 0.2) is 36.4 Å². The lowest BCUT2D eigenvalue weighted by molar-refractivity contribution is -0.118. The Kier molecular flexibility index (Phi) is 4.41. The number of anilines is 2. The summed E-state index contributed by atoms with van der Waals surface area (Å²) in [4.78, 5) is 23.1. The summed E-state index contributed by atoms with van der Waals surface area (Å²) in [5.41, 5.74) is 1.83. The maximum Gasteiger partial charge on any atom is 0.262 e. The molecule has 3 rings (SSSR count). The van der Waals surface area contributed by atoms with E-state index in [-0.39, 0.29) is 18.2 Å². The van der Waals surface area contributed by atoms with Crippen molar-refractivity contribution in [2.24, 2.45) is 0 Å².